The van der Waals surface area contributed by atoms with E-state index in [1.165, 1.54) is 10.8 Å². The van der Waals surface area contributed by atoms with Crippen LogP contribution in [-0.4, -0.2) is 28.4 Å². The van der Waals surface area contributed by atoms with Crippen molar-refractivity contribution < 1.29 is 14.2 Å². The van der Waals surface area contributed by atoms with Crippen molar-refractivity contribution in [2.45, 2.75) is 37.1 Å². The van der Waals surface area contributed by atoms with Gasteiger partial charge in [0.15, 0.2) is 0 Å². The second kappa shape index (κ2) is 13.2. The average molecular weight is 687 g/mol. The van der Waals surface area contributed by atoms with Gasteiger partial charge < -0.3 is 14.2 Å². The van der Waals surface area contributed by atoms with Crippen molar-refractivity contribution in [1.29, 1.82) is 0 Å². The maximum Gasteiger partial charge on any atom is 0.330 e. The molecule has 1 saturated heterocycles. The lowest BCUT2D eigenvalue weighted by Gasteiger charge is -2.37. The van der Waals surface area contributed by atoms with Crippen LogP contribution in [-0.2, 0) is 26.4 Å². The van der Waals surface area contributed by atoms with Crippen molar-refractivity contribution in [3.05, 3.63) is 174 Å². The maximum absolute atomic E-state index is 12.8. The molecule has 5 aromatic rings. The van der Waals surface area contributed by atoms with E-state index >= 15 is 0 Å². The lowest BCUT2D eigenvalue weighted by atomic mass is 9.80. The summed E-state index contributed by atoms with van der Waals surface area (Å²) in [5.41, 5.74) is 2.11. The van der Waals surface area contributed by atoms with Gasteiger partial charge in [-0.1, -0.05) is 121 Å². The van der Waals surface area contributed by atoms with Crippen LogP contribution < -0.4 is 11.2 Å². The summed E-state index contributed by atoms with van der Waals surface area (Å²) in [5.74, 6) is 0. The largest absolute Gasteiger partial charge is 0.371 e. The standard InChI is InChI=1S/C35H31IN2O5/c36-29-22-38(34(40)37-33(29)39)32-21-30(41-23-25-13-5-1-6-14-25)31(43-32)24-42-35(26-15-7-2-8-16-26,27-17-9-3-10-18-27)28-19-11-4-12-20-28/h1-20,22,30-32H,21,23-24H2,(H,37,39,40)/t30-,31+,32+/m0/s1. The Morgan fingerprint density at radius 1 is 0.791 bits per heavy atom. The third kappa shape index (κ3) is 6.28. The second-order valence-electron chi connectivity index (χ2n) is 10.4. The van der Waals surface area contributed by atoms with Gasteiger partial charge in [-0.05, 0) is 44.8 Å². The van der Waals surface area contributed by atoms with E-state index in [0.717, 1.165) is 22.3 Å². The Hall–Kier alpha value is -3.83. The highest BCUT2D eigenvalue weighted by Gasteiger charge is 2.43. The van der Waals surface area contributed by atoms with Crippen LogP contribution in [0.3, 0.4) is 0 Å². The van der Waals surface area contributed by atoms with E-state index in [0.29, 0.717) is 16.6 Å². The molecule has 8 heteroatoms. The summed E-state index contributed by atoms with van der Waals surface area (Å²) in [6.45, 7) is 0.571. The number of benzene rings is 4. The van der Waals surface area contributed by atoms with Gasteiger partial charge in [0.05, 0.1) is 22.9 Å². The third-order valence-corrected chi connectivity index (χ3v) is 8.50. The molecule has 1 fully saturated rings. The molecule has 0 radical (unpaired) electrons. The highest BCUT2D eigenvalue weighted by atomic mass is 127. The number of nitrogens with zero attached hydrogens (tertiary/aromatic N) is 1. The fourth-order valence-electron chi connectivity index (χ4n) is 5.62. The molecule has 3 atom stereocenters. The molecule has 43 heavy (non-hydrogen) atoms. The van der Waals surface area contributed by atoms with Gasteiger partial charge in [0.25, 0.3) is 5.56 Å². The number of halogens is 1. The summed E-state index contributed by atoms with van der Waals surface area (Å²) in [6, 6.07) is 40.4. The van der Waals surface area contributed by atoms with E-state index in [-0.39, 0.29) is 12.7 Å². The smallest absolute Gasteiger partial charge is 0.330 e. The Morgan fingerprint density at radius 3 is 1.84 bits per heavy atom. The summed E-state index contributed by atoms with van der Waals surface area (Å²) >= 11 is 1.92. The maximum atomic E-state index is 12.8. The number of hydrogen-bond acceptors (Lipinski definition) is 5. The van der Waals surface area contributed by atoms with E-state index < -0.39 is 29.2 Å². The molecule has 1 aliphatic rings. The Labute approximate surface area is 263 Å². The molecule has 0 saturated carbocycles. The zero-order valence-corrected chi connectivity index (χ0v) is 25.5. The van der Waals surface area contributed by atoms with Gasteiger partial charge in [-0.3, -0.25) is 14.3 Å². The van der Waals surface area contributed by atoms with Gasteiger partial charge in [-0.2, -0.15) is 0 Å². The number of H-pyrrole nitrogens is 1. The Bertz CT molecular complexity index is 1650. The highest BCUT2D eigenvalue weighted by molar-refractivity contribution is 14.1. The first kappa shape index (κ1) is 29.3. The molecule has 1 aliphatic heterocycles. The van der Waals surface area contributed by atoms with Crippen molar-refractivity contribution in [3.8, 4) is 0 Å². The van der Waals surface area contributed by atoms with Crippen LogP contribution in [0, 0.1) is 3.57 Å². The molecule has 0 spiro atoms. The van der Waals surface area contributed by atoms with Crippen LogP contribution in [0.2, 0.25) is 0 Å². The van der Waals surface area contributed by atoms with Gasteiger partial charge in [-0.15, -0.1) is 0 Å². The monoisotopic (exact) mass is 686 g/mol. The molecular formula is C35H31IN2O5. The summed E-state index contributed by atoms with van der Waals surface area (Å²) in [5, 5.41) is 0. The Kier molecular flexibility index (Phi) is 8.99. The number of rotatable bonds is 10. The quantitative estimate of drug-likeness (QED) is 0.144. The van der Waals surface area contributed by atoms with E-state index in [1.54, 1.807) is 0 Å². The first-order valence-electron chi connectivity index (χ1n) is 14.2. The van der Waals surface area contributed by atoms with E-state index in [2.05, 4.69) is 41.4 Å². The van der Waals surface area contributed by atoms with Crippen molar-refractivity contribution in [3.63, 3.8) is 0 Å². The molecule has 0 amide bonds. The Balaban J connectivity index is 1.37. The number of aromatic amines is 1. The highest BCUT2D eigenvalue weighted by Crippen LogP contribution is 2.42. The zero-order chi connectivity index (χ0) is 29.6. The van der Waals surface area contributed by atoms with Crippen LogP contribution in [0.4, 0.5) is 0 Å². The van der Waals surface area contributed by atoms with Crippen molar-refractivity contribution in [2.24, 2.45) is 0 Å². The first-order chi connectivity index (χ1) is 21.0. The molecule has 218 valence electrons. The van der Waals surface area contributed by atoms with Crippen LogP contribution in [0.25, 0.3) is 0 Å². The molecular weight excluding hydrogens is 655 g/mol. The van der Waals surface area contributed by atoms with Gasteiger partial charge in [0.1, 0.15) is 17.9 Å². The van der Waals surface area contributed by atoms with Crippen LogP contribution >= 0.6 is 22.6 Å². The van der Waals surface area contributed by atoms with Crippen molar-refractivity contribution >= 4 is 22.6 Å². The third-order valence-electron chi connectivity index (χ3n) is 7.73. The fourth-order valence-corrected chi connectivity index (χ4v) is 6.06. The van der Waals surface area contributed by atoms with E-state index in [9.17, 15) is 9.59 Å². The molecule has 2 heterocycles. The SMILES string of the molecule is O=c1[nH]c(=O)n([C@H]2C[C@H](OCc3ccccc3)[C@@H](COC(c3ccccc3)(c3ccccc3)c3ccccc3)O2)cc1I. The predicted octanol–water partition coefficient (Wildman–Crippen LogP) is 6.02. The Morgan fingerprint density at radius 2 is 1.30 bits per heavy atom. The van der Waals surface area contributed by atoms with E-state index in [1.807, 2.05) is 108 Å². The molecule has 0 bridgehead atoms. The van der Waals surface area contributed by atoms with Gasteiger partial charge in [-0.25, -0.2) is 4.79 Å². The lowest BCUT2D eigenvalue weighted by molar-refractivity contribution is -0.106. The van der Waals surface area contributed by atoms with Crippen molar-refractivity contribution in [1.82, 2.24) is 9.55 Å². The summed E-state index contributed by atoms with van der Waals surface area (Å²) in [6.07, 6.45) is 0.443. The lowest BCUT2D eigenvalue weighted by Crippen LogP contribution is -2.38. The first-order valence-corrected chi connectivity index (χ1v) is 15.2. The number of nitrogens with one attached hydrogen (secondary N) is 1. The number of hydrogen-bond donors (Lipinski definition) is 1. The van der Waals surface area contributed by atoms with E-state index in [4.69, 9.17) is 14.2 Å². The minimum Gasteiger partial charge on any atom is -0.371 e. The molecule has 7 nitrogen and oxygen atoms in total. The van der Waals surface area contributed by atoms with Crippen LogP contribution in [0.5, 0.6) is 0 Å². The molecule has 6 rings (SSSR count). The summed E-state index contributed by atoms with van der Waals surface area (Å²) in [4.78, 5) is 27.2. The molecule has 0 aliphatic carbocycles. The topological polar surface area (TPSA) is 82.6 Å². The molecule has 4 aromatic carbocycles. The zero-order valence-electron chi connectivity index (χ0n) is 23.3. The minimum absolute atomic E-state index is 0.184. The average Bonchev–Trinajstić information content (AvgIpc) is 3.47. The van der Waals surface area contributed by atoms with Crippen LogP contribution in [0.1, 0.15) is 34.9 Å². The van der Waals surface area contributed by atoms with Gasteiger partial charge >= 0.3 is 5.69 Å². The molecule has 1 aromatic heterocycles. The number of aromatic nitrogens is 2. The molecule has 1 N–H and O–H groups in total. The summed E-state index contributed by atoms with van der Waals surface area (Å²) in [7, 11) is 0. The predicted molar refractivity (Wildman–Crippen MR) is 173 cm³/mol. The van der Waals surface area contributed by atoms with Gasteiger partial charge in [0.2, 0.25) is 0 Å². The van der Waals surface area contributed by atoms with Gasteiger partial charge in [0, 0.05) is 12.6 Å². The molecule has 0 unspecified atom stereocenters. The van der Waals surface area contributed by atoms with Crippen LogP contribution in [0.15, 0.2) is 137 Å². The number of ether oxygens (including phenoxy) is 3. The van der Waals surface area contributed by atoms with Crippen molar-refractivity contribution in [2.75, 3.05) is 6.61 Å². The fraction of sp³-hybridized carbons (Fsp3) is 0.200. The normalized spacial score (nSPS) is 18.5. The minimum atomic E-state index is -0.931. The second-order valence-corrected chi connectivity index (χ2v) is 11.6. The summed E-state index contributed by atoms with van der Waals surface area (Å²) < 4.78 is 21.8.